The second-order valence-electron chi connectivity index (χ2n) is 8.31. The maximum absolute atomic E-state index is 14.0. The second-order valence-corrected chi connectivity index (χ2v) is 8.74. The van der Waals surface area contributed by atoms with E-state index in [0.29, 0.717) is 34.7 Å². The van der Waals surface area contributed by atoms with Gasteiger partial charge < -0.3 is 4.90 Å². The lowest BCUT2D eigenvalue weighted by atomic mass is 9.89. The number of benzene rings is 3. The number of amides is 1. The average molecular weight is 474 g/mol. The lowest BCUT2D eigenvalue weighted by Crippen LogP contribution is -2.39. The molecule has 0 spiro atoms. The first-order valence-electron chi connectivity index (χ1n) is 11.5. The van der Waals surface area contributed by atoms with Gasteiger partial charge in [-0.05, 0) is 42.7 Å². The molecule has 174 valence electrons. The van der Waals surface area contributed by atoms with Crippen molar-refractivity contribution in [2.24, 2.45) is 0 Å². The molecule has 6 heteroatoms. The Morgan fingerprint density at radius 2 is 1.56 bits per heavy atom. The lowest BCUT2D eigenvalue weighted by Gasteiger charge is -2.32. The topological polar surface area (TPSA) is 55.2 Å². The highest BCUT2D eigenvalue weighted by Crippen LogP contribution is 2.31. The fourth-order valence-electron chi connectivity index (χ4n) is 4.53. The van der Waals surface area contributed by atoms with Crippen molar-refractivity contribution in [3.05, 3.63) is 111 Å². The number of hydrogen-bond acceptors (Lipinski definition) is 3. The summed E-state index contributed by atoms with van der Waals surface area (Å²) in [5.74, 6) is 0.0611. The van der Waals surface area contributed by atoms with Crippen LogP contribution in [-0.2, 0) is 11.3 Å². The number of nitrogens with zero attached hydrogens (tertiary/aromatic N) is 3. The molecule has 4 rings (SSSR count). The van der Waals surface area contributed by atoms with Crippen molar-refractivity contribution in [3.8, 4) is 0 Å². The number of aromatic nitrogens is 2. The van der Waals surface area contributed by atoms with Crippen molar-refractivity contribution in [1.29, 1.82) is 0 Å². The van der Waals surface area contributed by atoms with Crippen LogP contribution in [0, 0.1) is 0 Å². The average Bonchev–Trinajstić information content (AvgIpc) is 2.86. The Hall–Kier alpha value is -3.44. The highest BCUT2D eigenvalue weighted by atomic mass is 35.5. The van der Waals surface area contributed by atoms with Crippen LogP contribution >= 0.6 is 11.6 Å². The Labute approximate surface area is 204 Å². The minimum atomic E-state index is -0.460. The van der Waals surface area contributed by atoms with Crippen molar-refractivity contribution in [3.63, 3.8) is 0 Å². The summed E-state index contributed by atoms with van der Waals surface area (Å²) >= 11 is 6.19. The van der Waals surface area contributed by atoms with Crippen LogP contribution in [0.15, 0.2) is 83.7 Å². The Balaban J connectivity index is 1.82. The van der Waals surface area contributed by atoms with E-state index < -0.39 is 5.92 Å². The Morgan fingerprint density at radius 1 is 0.971 bits per heavy atom. The summed E-state index contributed by atoms with van der Waals surface area (Å²) < 4.78 is 1.66. The largest absolute Gasteiger partial charge is 0.335 e. The fraction of sp³-hybridized carbons (Fsp3) is 0.250. The third kappa shape index (κ3) is 4.48. The first-order valence-corrected chi connectivity index (χ1v) is 11.9. The van der Waals surface area contributed by atoms with Gasteiger partial charge in [-0.3, -0.25) is 14.2 Å². The molecule has 1 aromatic heterocycles. The van der Waals surface area contributed by atoms with Crippen molar-refractivity contribution < 1.29 is 4.79 Å². The molecule has 0 N–H and O–H groups in total. The highest BCUT2D eigenvalue weighted by molar-refractivity contribution is 6.31. The number of likely N-dealkylation sites (N-methyl/N-ethyl adjacent to an activating group) is 1. The zero-order chi connectivity index (χ0) is 24.2. The third-order valence-electron chi connectivity index (χ3n) is 6.28. The van der Waals surface area contributed by atoms with Crippen LogP contribution in [0.1, 0.15) is 49.2 Å². The van der Waals surface area contributed by atoms with Gasteiger partial charge in [0.1, 0.15) is 5.82 Å². The summed E-state index contributed by atoms with van der Waals surface area (Å²) in [4.78, 5) is 33.8. The molecule has 0 saturated carbocycles. The maximum atomic E-state index is 14.0. The first-order chi connectivity index (χ1) is 16.5. The molecule has 3 aromatic carbocycles. The van der Waals surface area contributed by atoms with Crippen LogP contribution in [0.4, 0.5) is 0 Å². The fourth-order valence-corrected chi connectivity index (χ4v) is 4.69. The summed E-state index contributed by atoms with van der Waals surface area (Å²) in [7, 11) is 1.80. The summed E-state index contributed by atoms with van der Waals surface area (Å²) in [6, 6.07) is 24.3. The van der Waals surface area contributed by atoms with Gasteiger partial charge in [0, 0.05) is 18.6 Å². The molecular formula is C28H28ClN3O2. The molecule has 1 unspecified atom stereocenters. The number of fused-ring (bicyclic) bond motifs is 1. The second kappa shape index (κ2) is 10.2. The van der Waals surface area contributed by atoms with Gasteiger partial charge in [-0.2, -0.15) is 0 Å². The molecule has 0 aliphatic heterocycles. The predicted molar refractivity (Wildman–Crippen MR) is 137 cm³/mol. The van der Waals surface area contributed by atoms with Crippen molar-refractivity contribution in [2.45, 2.75) is 38.8 Å². The molecule has 0 saturated heterocycles. The van der Waals surface area contributed by atoms with Gasteiger partial charge in [-0.15, -0.1) is 0 Å². The first kappa shape index (κ1) is 23.7. The van der Waals surface area contributed by atoms with Gasteiger partial charge in [-0.25, -0.2) is 4.98 Å². The van der Waals surface area contributed by atoms with Crippen molar-refractivity contribution >= 4 is 28.4 Å². The molecule has 1 atom stereocenters. The molecule has 5 nitrogen and oxygen atoms in total. The van der Waals surface area contributed by atoms with E-state index in [1.165, 1.54) is 0 Å². The van der Waals surface area contributed by atoms with E-state index in [4.69, 9.17) is 16.6 Å². The smallest absolute Gasteiger partial charge is 0.261 e. The van der Waals surface area contributed by atoms with Crippen LogP contribution in [0.3, 0.4) is 0 Å². The molecule has 1 heterocycles. The zero-order valence-corrected chi connectivity index (χ0v) is 20.4. The van der Waals surface area contributed by atoms with Crippen LogP contribution < -0.4 is 5.56 Å². The number of carbonyl (C=O) groups is 1. The SMILES string of the molecule is CCC(c1nc2cc(Cl)ccc2c(=O)n1CC)N(C)C(=O)C(c1ccccc1)c1ccccc1. The normalized spacial score (nSPS) is 12.1. The van der Waals surface area contributed by atoms with Crippen LogP contribution in [-0.4, -0.2) is 27.4 Å². The van der Waals surface area contributed by atoms with Gasteiger partial charge >= 0.3 is 0 Å². The Morgan fingerprint density at radius 3 is 2.09 bits per heavy atom. The molecular weight excluding hydrogens is 446 g/mol. The quantitative estimate of drug-likeness (QED) is 0.340. The summed E-state index contributed by atoms with van der Waals surface area (Å²) in [5.41, 5.74) is 2.26. The van der Waals surface area contributed by atoms with E-state index in [9.17, 15) is 9.59 Å². The van der Waals surface area contributed by atoms with E-state index in [1.54, 1.807) is 34.7 Å². The van der Waals surface area contributed by atoms with Gasteiger partial charge in [0.15, 0.2) is 0 Å². The zero-order valence-electron chi connectivity index (χ0n) is 19.6. The summed E-state index contributed by atoms with van der Waals surface area (Å²) in [6.45, 7) is 4.38. The number of carbonyl (C=O) groups excluding carboxylic acids is 1. The van der Waals surface area contributed by atoms with Crippen molar-refractivity contribution in [1.82, 2.24) is 14.5 Å². The number of halogens is 1. The minimum absolute atomic E-state index is 0.0488. The summed E-state index contributed by atoms with van der Waals surface area (Å²) in [6.07, 6.45) is 0.608. The lowest BCUT2D eigenvalue weighted by molar-refractivity contribution is -0.133. The Bertz CT molecular complexity index is 1310. The third-order valence-corrected chi connectivity index (χ3v) is 6.51. The molecule has 0 fully saturated rings. The Kier molecular flexibility index (Phi) is 7.13. The number of hydrogen-bond donors (Lipinski definition) is 0. The standard InChI is InChI=1S/C28H28ClN3O2/c1-4-24(26-30-23-18-21(29)16-17-22(23)27(33)32(26)5-2)31(3)28(34)25(19-12-8-6-9-13-19)20-14-10-7-11-15-20/h6-18,24-25H,4-5H2,1-3H3. The molecule has 1 amide bonds. The van der Waals surface area contributed by atoms with Crippen LogP contribution in [0.25, 0.3) is 10.9 Å². The van der Waals surface area contributed by atoms with E-state index in [0.717, 1.165) is 11.1 Å². The van der Waals surface area contributed by atoms with E-state index in [2.05, 4.69) is 0 Å². The molecule has 0 aliphatic carbocycles. The summed E-state index contributed by atoms with van der Waals surface area (Å²) in [5, 5.41) is 1.04. The molecule has 0 radical (unpaired) electrons. The van der Waals surface area contributed by atoms with Gasteiger partial charge in [0.05, 0.1) is 22.9 Å². The molecule has 4 aromatic rings. The van der Waals surface area contributed by atoms with Crippen LogP contribution in [0.2, 0.25) is 5.02 Å². The minimum Gasteiger partial charge on any atom is -0.335 e. The number of rotatable bonds is 7. The van der Waals surface area contributed by atoms with Crippen LogP contribution in [0.5, 0.6) is 0 Å². The molecule has 0 bridgehead atoms. The highest BCUT2D eigenvalue weighted by Gasteiger charge is 2.31. The van der Waals surface area contributed by atoms with E-state index in [-0.39, 0.29) is 17.5 Å². The predicted octanol–water partition coefficient (Wildman–Crippen LogP) is 5.81. The van der Waals surface area contributed by atoms with Gasteiger partial charge in [-0.1, -0.05) is 79.2 Å². The molecule has 34 heavy (non-hydrogen) atoms. The maximum Gasteiger partial charge on any atom is 0.261 e. The van der Waals surface area contributed by atoms with E-state index >= 15 is 0 Å². The monoisotopic (exact) mass is 473 g/mol. The van der Waals surface area contributed by atoms with Gasteiger partial charge in [0.2, 0.25) is 5.91 Å². The van der Waals surface area contributed by atoms with Crippen molar-refractivity contribution in [2.75, 3.05) is 7.05 Å². The molecule has 0 aliphatic rings. The van der Waals surface area contributed by atoms with Gasteiger partial charge in [0.25, 0.3) is 5.56 Å². The van der Waals surface area contributed by atoms with E-state index in [1.807, 2.05) is 74.5 Å².